The van der Waals surface area contributed by atoms with Gasteiger partial charge in [-0.15, -0.1) is 0 Å². The van der Waals surface area contributed by atoms with Gasteiger partial charge in [-0.25, -0.2) is 4.79 Å². The van der Waals surface area contributed by atoms with Crippen molar-refractivity contribution >= 4 is 17.3 Å². The highest BCUT2D eigenvalue weighted by atomic mass is 32.1. The Morgan fingerprint density at radius 3 is 2.88 bits per heavy atom. The van der Waals surface area contributed by atoms with E-state index in [9.17, 15) is 9.59 Å². The molecule has 0 N–H and O–H groups in total. The molecule has 24 heavy (non-hydrogen) atoms. The number of ether oxygens (including phenoxy) is 2. The fraction of sp³-hybridized carbons (Fsp3) is 0.412. The molecule has 7 heteroatoms. The van der Waals surface area contributed by atoms with Gasteiger partial charge < -0.3 is 18.9 Å². The molecule has 0 aliphatic carbocycles. The first kappa shape index (κ1) is 16.7. The van der Waals surface area contributed by atoms with Crippen molar-refractivity contribution in [2.24, 2.45) is 0 Å². The summed E-state index contributed by atoms with van der Waals surface area (Å²) in [7, 11) is 3.35. The molecule has 0 saturated carbocycles. The van der Waals surface area contributed by atoms with E-state index in [0.717, 1.165) is 18.7 Å². The second-order valence-electron chi connectivity index (χ2n) is 5.79. The molecule has 128 valence electrons. The van der Waals surface area contributed by atoms with Crippen LogP contribution in [0.4, 0.5) is 0 Å². The predicted molar refractivity (Wildman–Crippen MR) is 91.9 cm³/mol. The molecule has 0 atom stereocenters. The lowest BCUT2D eigenvalue weighted by molar-refractivity contribution is 0.0592. The van der Waals surface area contributed by atoms with Crippen LogP contribution in [0.5, 0.6) is 5.75 Å². The van der Waals surface area contributed by atoms with E-state index >= 15 is 0 Å². The molecule has 0 aromatic carbocycles. The third-order valence-corrected chi connectivity index (χ3v) is 4.91. The van der Waals surface area contributed by atoms with Gasteiger partial charge in [-0.2, -0.15) is 11.3 Å². The van der Waals surface area contributed by atoms with Gasteiger partial charge in [0.05, 0.1) is 7.11 Å². The summed E-state index contributed by atoms with van der Waals surface area (Å²) in [5.41, 5.74) is 1.92. The van der Waals surface area contributed by atoms with Crippen LogP contribution in [0.25, 0.3) is 0 Å². The maximum absolute atomic E-state index is 12.5. The molecular weight excluding hydrogens is 328 g/mol. The van der Waals surface area contributed by atoms with Crippen molar-refractivity contribution in [3.8, 4) is 5.75 Å². The van der Waals surface area contributed by atoms with Gasteiger partial charge in [0.15, 0.2) is 0 Å². The van der Waals surface area contributed by atoms with Crippen LogP contribution in [0.3, 0.4) is 0 Å². The maximum atomic E-state index is 12.5. The van der Waals surface area contributed by atoms with Crippen molar-refractivity contribution in [2.75, 3.05) is 27.2 Å². The Balaban J connectivity index is 2.03. The molecular formula is C17H20N2O4S. The van der Waals surface area contributed by atoms with Gasteiger partial charge in [0.25, 0.3) is 5.56 Å². The normalized spacial score (nSPS) is 14.8. The minimum Gasteiger partial charge on any atom is -0.488 e. The fourth-order valence-electron chi connectivity index (χ4n) is 2.83. The van der Waals surface area contributed by atoms with E-state index in [4.69, 9.17) is 9.47 Å². The van der Waals surface area contributed by atoms with Gasteiger partial charge >= 0.3 is 5.97 Å². The number of fused-ring (bicyclic) bond motifs is 1. The number of pyridine rings is 1. The van der Waals surface area contributed by atoms with Crippen LogP contribution >= 0.6 is 11.3 Å². The Kier molecular flexibility index (Phi) is 5.01. The third kappa shape index (κ3) is 3.37. The molecule has 0 spiro atoms. The summed E-state index contributed by atoms with van der Waals surface area (Å²) in [5, 5.41) is 3.94. The van der Waals surface area contributed by atoms with Gasteiger partial charge in [0, 0.05) is 37.8 Å². The van der Waals surface area contributed by atoms with E-state index in [1.807, 2.05) is 23.9 Å². The van der Waals surface area contributed by atoms with E-state index in [1.165, 1.54) is 13.2 Å². The molecule has 1 aliphatic heterocycles. The molecule has 0 fully saturated rings. The molecule has 2 aromatic heterocycles. The maximum Gasteiger partial charge on any atom is 0.343 e. The van der Waals surface area contributed by atoms with Gasteiger partial charge in [0.1, 0.15) is 17.9 Å². The summed E-state index contributed by atoms with van der Waals surface area (Å²) >= 11 is 1.58. The van der Waals surface area contributed by atoms with Crippen LogP contribution in [0.2, 0.25) is 0 Å². The van der Waals surface area contributed by atoms with Crippen LogP contribution in [0.1, 0.15) is 21.6 Å². The Labute approximate surface area is 144 Å². The zero-order chi connectivity index (χ0) is 17.1. The summed E-state index contributed by atoms with van der Waals surface area (Å²) in [4.78, 5) is 27.0. The van der Waals surface area contributed by atoms with Crippen LogP contribution in [-0.4, -0.2) is 42.7 Å². The van der Waals surface area contributed by atoms with E-state index in [2.05, 4.69) is 4.90 Å². The number of aromatic nitrogens is 1. The van der Waals surface area contributed by atoms with Crippen LogP contribution < -0.4 is 10.3 Å². The second-order valence-corrected chi connectivity index (χ2v) is 6.57. The second kappa shape index (κ2) is 7.19. The number of carbonyl (C=O) groups is 1. The number of nitrogens with zero attached hydrogens (tertiary/aromatic N) is 2. The van der Waals surface area contributed by atoms with Crippen molar-refractivity contribution in [2.45, 2.75) is 19.6 Å². The standard InChI is InChI=1S/C17H20N2O4S/c1-18-5-3-13-16(17(21)22-2)14(9-15(20)19(13)7-6-18)23-10-12-4-8-24-11-12/h4,8-9,11H,3,5-7,10H2,1-2H3. The lowest BCUT2D eigenvalue weighted by atomic mass is 10.1. The lowest BCUT2D eigenvalue weighted by Crippen LogP contribution is -2.28. The van der Waals surface area contributed by atoms with E-state index in [0.29, 0.717) is 36.6 Å². The zero-order valence-electron chi connectivity index (χ0n) is 13.8. The summed E-state index contributed by atoms with van der Waals surface area (Å²) in [5.74, 6) is -0.169. The quantitative estimate of drug-likeness (QED) is 0.788. The Bertz CT molecular complexity index is 783. The van der Waals surface area contributed by atoms with Crippen LogP contribution in [0.15, 0.2) is 27.7 Å². The number of likely N-dealkylation sites (N-methyl/N-ethyl adjacent to an activating group) is 1. The number of carbonyl (C=O) groups excluding carboxylic acids is 1. The topological polar surface area (TPSA) is 60.8 Å². The lowest BCUT2D eigenvalue weighted by Gasteiger charge is -2.17. The van der Waals surface area contributed by atoms with Crippen molar-refractivity contribution < 1.29 is 14.3 Å². The molecule has 0 radical (unpaired) electrons. The highest BCUT2D eigenvalue weighted by molar-refractivity contribution is 7.07. The minimum atomic E-state index is -0.469. The zero-order valence-corrected chi connectivity index (χ0v) is 14.6. The molecule has 0 unspecified atom stereocenters. The third-order valence-electron chi connectivity index (χ3n) is 4.18. The highest BCUT2D eigenvalue weighted by Gasteiger charge is 2.25. The predicted octanol–water partition coefficient (Wildman–Crippen LogP) is 1.76. The monoisotopic (exact) mass is 348 g/mol. The van der Waals surface area contributed by atoms with Gasteiger partial charge in [-0.1, -0.05) is 0 Å². The molecule has 2 aromatic rings. The number of hydrogen-bond donors (Lipinski definition) is 0. The first-order valence-electron chi connectivity index (χ1n) is 7.77. The Morgan fingerprint density at radius 1 is 1.33 bits per heavy atom. The summed E-state index contributed by atoms with van der Waals surface area (Å²) < 4.78 is 12.4. The molecule has 0 bridgehead atoms. The van der Waals surface area contributed by atoms with Gasteiger partial charge in [-0.05, 0) is 29.4 Å². The van der Waals surface area contributed by atoms with Crippen molar-refractivity contribution in [1.29, 1.82) is 0 Å². The first-order valence-corrected chi connectivity index (χ1v) is 8.72. The molecule has 0 saturated heterocycles. The largest absolute Gasteiger partial charge is 0.488 e. The molecule has 1 aliphatic rings. The molecule has 3 heterocycles. The van der Waals surface area contributed by atoms with Crippen LogP contribution in [-0.2, 0) is 24.3 Å². The summed E-state index contributed by atoms with van der Waals surface area (Å²) in [6, 6.07) is 3.35. The minimum absolute atomic E-state index is 0.145. The molecule has 6 nitrogen and oxygen atoms in total. The van der Waals surface area contributed by atoms with E-state index in [-0.39, 0.29) is 5.56 Å². The molecule has 0 amide bonds. The first-order chi connectivity index (χ1) is 11.6. The van der Waals surface area contributed by atoms with Crippen molar-refractivity contribution in [3.05, 3.63) is 50.1 Å². The number of hydrogen-bond acceptors (Lipinski definition) is 6. The van der Waals surface area contributed by atoms with Gasteiger partial charge in [0.2, 0.25) is 0 Å². The summed E-state index contributed by atoms with van der Waals surface area (Å²) in [6.07, 6.45) is 0.603. The summed E-state index contributed by atoms with van der Waals surface area (Å²) in [6.45, 7) is 2.41. The van der Waals surface area contributed by atoms with E-state index in [1.54, 1.807) is 15.9 Å². The Hall–Kier alpha value is -2.12. The number of rotatable bonds is 4. The average molecular weight is 348 g/mol. The van der Waals surface area contributed by atoms with Crippen molar-refractivity contribution in [3.63, 3.8) is 0 Å². The number of thiophene rings is 1. The SMILES string of the molecule is COC(=O)c1c(OCc2ccsc2)cc(=O)n2c1CCN(C)CC2. The van der Waals surface area contributed by atoms with Gasteiger partial charge in [-0.3, -0.25) is 4.79 Å². The van der Waals surface area contributed by atoms with Crippen molar-refractivity contribution in [1.82, 2.24) is 9.47 Å². The number of methoxy groups -OCH3 is 1. The van der Waals surface area contributed by atoms with Crippen LogP contribution in [0, 0.1) is 0 Å². The molecule has 3 rings (SSSR count). The highest BCUT2D eigenvalue weighted by Crippen LogP contribution is 2.25. The smallest absolute Gasteiger partial charge is 0.343 e. The fourth-order valence-corrected chi connectivity index (χ4v) is 3.48. The Morgan fingerprint density at radius 2 is 2.17 bits per heavy atom. The number of esters is 1. The van der Waals surface area contributed by atoms with E-state index < -0.39 is 5.97 Å². The average Bonchev–Trinajstić information content (AvgIpc) is 3.02.